The maximum Gasteiger partial charge on any atom is 0.0495 e. The lowest BCUT2D eigenvalue weighted by Crippen LogP contribution is -2.40. The van der Waals surface area contributed by atoms with Crippen LogP contribution in [0.3, 0.4) is 0 Å². The molecule has 3 aliphatic rings. The molecule has 3 saturated carbocycles. The molecule has 0 amide bonds. The Bertz CT molecular complexity index is 145. The molecule has 0 saturated heterocycles. The monoisotopic (exact) mass is 168 g/mol. The summed E-state index contributed by atoms with van der Waals surface area (Å²) in [6.45, 7) is 3.43. The molecule has 3 fully saturated rings. The first-order valence-corrected chi connectivity index (χ1v) is 5.32. The predicted molar refractivity (Wildman–Crippen MR) is 50.0 cm³/mol. The minimum atomic E-state index is 0.877. The van der Waals surface area contributed by atoms with Crippen LogP contribution in [0.2, 0.25) is 0 Å². The fourth-order valence-electron chi connectivity index (χ4n) is 3.36. The second-order valence-corrected chi connectivity index (χ2v) is 4.65. The van der Waals surface area contributed by atoms with E-state index >= 15 is 0 Å². The maximum atomic E-state index is 5.30. The summed E-state index contributed by atoms with van der Waals surface area (Å²) in [7, 11) is 1.84. The van der Waals surface area contributed by atoms with Crippen LogP contribution in [0.15, 0.2) is 0 Å². The van der Waals surface area contributed by atoms with Gasteiger partial charge in [-0.05, 0) is 49.4 Å². The predicted octanol–water partition coefficient (Wildman–Crippen LogP) is 2.71. The minimum Gasteiger partial charge on any atom is -0.384 e. The number of hydrogen-bond donors (Lipinski definition) is 0. The van der Waals surface area contributed by atoms with Crippen molar-refractivity contribution in [3.8, 4) is 0 Å². The van der Waals surface area contributed by atoms with Crippen LogP contribution in [-0.4, -0.2) is 13.7 Å². The molecule has 0 radical (unpaired) electrons. The van der Waals surface area contributed by atoms with Crippen LogP contribution in [-0.2, 0) is 4.74 Å². The molecule has 0 N–H and O–H groups in total. The van der Waals surface area contributed by atoms with Crippen molar-refractivity contribution in [2.45, 2.75) is 32.6 Å². The maximum absolute atomic E-state index is 5.30. The molecule has 1 nitrogen and oxygen atoms in total. The third-order valence-corrected chi connectivity index (χ3v) is 4.20. The molecule has 2 atom stereocenters. The molecule has 70 valence electrons. The molecule has 3 rings (SSSR count). The van der Waals surface area contributed by atoms with Gasteiger partial charge in [-0.25, -0.2) is 0 Å². The highest BCUT2D eigenvalue weighted by Crippen LogP contribution is 2.48. The van der Waals surface area contributed by atoms with Crippen LogP contribution in [0, 0.1) is 23.7 Å². The summed E-state index contributed by atoms with van der Waals surface area (Å²) in [6.07, 6.45) is 5.93. The van der Waals surface area contributed by atoms with Gasteiger partial charge in [0.05, 0.1) is 0 Å². The van der Waals surface area contributed by atoms with Crippen LogP contribution in [0.1, 0.15) is 32.6 Å². The molecular formula is C11H20O. The quantitative estimate of drug-likeness (QED) is 0.616. The van der Waals surface area contributed by atoms with Gasteiger partial charge in [-0.2, -0.15) is 0 Å². The van der Waals surface area contributed by atoms with E-state index in [0.29, 0.717) is 0 Å². The van der Waals surface area contributed by atoms with Crippen molar-refractivity contribution >= 4 is 0 Å². The Morgan fingerprint density at radius 2 is 1.67 bits per heavy atom. The number of fused-ring (bicyclic) bond motifs is 3. The summed E-state index contributed by atoms with van der Waals surface area (Å²) >= 11 is 0. The number of hydrogen-bond acceptors (Lipinski definition) is 1. The van der Waals surface area contributed by atoms with E-state index in [1.165, 1.54) is 25.7 Å². The Kier molecular flexibility index (Phi) is 2.40. The van der Waals surface area contributed by atoms with E-state index in [-0.39, 0.29) is 0 Å². The smallest absolute Gasteiger partial charge is 0.0495 e. The van der Waals surface area contributed by atoms with Crippen molar-refractivity contribution in [2.24, 2.45) is 23.7 Å². The first kappa shape index (κ1) is 8.55. The number of ether oxygens (including phenoxy) is 1. The highest BCUT2D eigenvalue weighted by atomic mass is 16.5. The zero-order valence-corrected chi connectivity index (χ0v) is 8.25. The lowest BCUT2D eigenvalue weighted by Gasteiger charge is -2.47. The van der Waals surface area contributed by atoms with Crippen molar-refractivity contribution in [3.63, 3.8) is 0 Å². The Labute approximate surface area is 75.5 Å². The normalized spacial score (nSPS) is 46.5. The van der Waals surface area contributed by atoms with E-state index in [0.717, 1.165) is 30.3 Å². The first-order chi connectivity index (χ1) is 5.83. The van der Waals surface area contributed by atoms with Gasteiger partial charge in [-0.15, -0.1) is 0 Å². The van der Waals surface area contributed by atoms with Crippen molar-refractivity contribution in [2.75, 3.05) is 13.7 Å². The molecule has 12 heavy (non-hydrogen) atoms. The average Bonchev–Trinajstić information content (AvgIpc) is 2.12. The Hall–Kier alpha value is -0.0400. The third-order valence-electron chi connectivity index (χ3n) is 4.20. The summed E-state index contributed by atoms with van der Waals surface area (Å²) in [5.74, 6) is 3.82. The Balaban J connectivity index is 2.02. The van der Waals surface area contributed by atoms with Gasteiger partial charge in [0.15, 0.2) is 0 Å². The SMILES string of the molecule is COCC1C2CCC(CC2)C1C. The van der Waals surface area contributed by atoms with Gasteiger partial charge >= 0.3 is 0 Å². The number of rotatable bonds is 2. The third kappa shape index (κ3) is 1.28. The fourth-order valence-corrected chi connectivity index (χ4v) is 3.36. The largest absolute Gasteiger partial charge is 0.384 e. The zero-order valence-electron chi connectivity index (χ0n) is 8.25. The van der Waals surface area contributed by atoms with Crippen molar-refractivity contribution in [3.05, 3.63) is 0 Å². The molecule has 0 aromatic carbocycles. The van der Waals surface area contributed by atoms with Gasteiger partial charge in [0.1, 0.15) is 0 Å². The van der Waals surface area contributed by atoms with Crippen LogP contribution < -0.4 is 0 Å². The number of methoxy groups -OCH3 is 1. The molecule has 0 aromatic heterocycles. The summed E-state index contributed by atoms with van der Waals surface area (Å²) in [4.78, 5) is 0. The molecule has 0 aromatic rings. The van der Waals surface area contributed by atoms with Crippen molar-refractivity contribution in [1.82, 2.24) is 0 Å². The highest BCUT2D eigenvalue weighted by Gasteiger charge is 2.40. The van der Waals surface area contributed by atoms with Gasteiger partial charge in [-0.3, -0.25) is 0 Å². The lowest BCUT2D eigenvalue weighted by atomic mass is 9.59. The molecular weight excluding hydrogens is 148 g/mol. The van der Waals surface area contributed by atoms with E-state index in [2.05, 4.69) is 6.92 Å². The molecule has 3 aliphatic carbocycles. The molecule has 1 heteroatoms. The molecule has 0 aliphatic heterocycles. The summed E-state index contributed by atoms with van der Waals surface area (Å²) in [6, 6.07) is 0. The van der Waals surface area contributed by atoms with E-state index < -0.39 is 0 Å². The topological polar surface area (TPSA) is 9.23 Å². The van der Waals surface area contributed by atoms with Crippen molar-refractivity contribution in [1.29, 1.82) is 0 Å². The molecule has 0 spiro atoms. The lowest BCUT2D eigenvalue weighted by molar-refractivity contribution is -0.0133. The van der Waals surface area contributed by atoms with Gasteiger partial charge in [0.2, 0.25) is 0 Å². The Morgan fingerprint density at radius 1 is 1.08 bits per heavy atom. The van der Waals surface area contributed by atoms with E-state index in [4.69, 9.17) is 4.74 Å². The fraction of sp³-hybridized carbons (Fsp3) is 1.00. The van der Waals surface area contributed by atoms with E-state index in [1.54, 1.807) is 0 Å². The van der Waals surface area contributed by atoms with E-state index in [9.17, 15) is 0 Å². The second kappa shape index (κ2) is 3.37. The zero-order chi connectivity index (χ0) is 8.55. The van der Waals surface area contributed by atoms with Gasteiger partial charge in [0.25, 0.3) is 0 Å². The van der Waals surface area contributed by atoms with Crippen molar-refractivity contribution < 1.29 is 4.74 Å². The summed E-state index contributed by atoms with van der Waals surface area (Å²) in [5, 5.41) is 0. The molecule has 2 bridgehead atoms. The second-order valence-electron chi connectivity index (χ2n) is 4.65. The van der Waals surface area contributed by atoms with Crippen LogP contribution in [0.4, 0.5) is 0 Å². The van der Waals surface area contributed by atoms with Gasteiger partial charge in [-0.1, -0.05) is 6.92 Å². The Morgan fingerprint density at radius 3 is 2.17 bits per heavy atom. The minimum absolute atomic E-state index is 0.877. The van der Waals surface area contributed by atoms with Gasteiger partial charge in [0, 0.05) is 13.7 Å². The van der Waals surface area contributed by atoms with Gasteiger partial charge < -0.3 is 4.74 Å². The highest BCUT2D eigenvalue weighted by molar-refractivity contribution is 4.90. The first-order valence-electron chi connectivity index (χ1n) is 5.32. The summed E-state index contributed by atoms with van der Waals surface area (Å²) in [5.41, 5.74) is 0. The van der Waals surface area contributed by atoms with E-state index in [1.807, 2.05) is 7.11 Å². The summed E-state index contributed by atoms with van der Waals surface area (Å²) < 4.78 is 5.30. The average molecular weight is 168 g/mol. The standard InChI is InChI=1S/C11H20O/c1-8-9-3-5-10(6-4-9)11(8)7-12-2/h8-11H,3-7H2,1-2H3. The molecule has 2 unspecified atom stereocenters. The van der Waals surface area contributed by atoms with Crippen LogP contribution >= 0.6 is 0 Å². The molecule has 0 heterocycles. The van der Waals surface area contributed by atoms with Crippen LogP contribution in [0.5, 0.6) is 0 Å². The van der Waals surface area contributed by atoms with Crippen LogP contribution in [0.25, 0.3) is 0 Å².